The quantitative estimate of drug-likeness (QED) is 0.564. The molecule has 1 aliphatic rings. The number of H-pyrrole nitrogens is 1. The molecule has 142 valence electrons. The Bertz CT molecular complexity index is 874. The zero-order chi connectivity index (χ0) is 19.3. The molecule has 26 heavy (non-hydrogen) atoms. The lowest BCUT2D eigenvalue weighted by atomic mass is 9.93. The van der Waals surface area contributed by atoms with Crippen LogP contribution in [0.2, 0.25) is 0 Å². The van der Waals surface area contributed by atoms with Gasteiger partial charge < -0.3 is 15.0 Å². The Morgan fingerprint density at radius 2 is 2.23 bits per heavy atom. The Kier molecular flexibility index (Phi) is 6.10. The third kappa shape index (κ3) is 4.89. The van der Waals surface area contributed by atoms with Crippen molar-refractivity contribution in [3.63, 3.8) is 0 Å². The number of imidazole rings is 1. The summed E-state index contributed by atoms with van der Waals surface area (Å²) < 4.78 is 26.2. The van der Waals surface area contributed by atoms with Crippen LogP contribution in [0.5, 0.6) is 0 Å². The average molecular weight is 384 g/mol. The minimum atomic E-state index is -3.40. The first-order valence-corrected chi connectivity index (χ1v) is 9.45. The number of carbonyl (C=O) groups is 2. The molecule has 0 saturated carbocycles. The predicted molar refractivity (Wildman–Crippen MR) is 90.6 cm³/mol. The van der Waals surface area contributed by atoms with Crippen LogP contribution >= 0.6 is 0 Å². The summed E-state index contributed by atoms with van der Waals surface area (Å²) in [4.78, 5) is 29.7. The minimum absolute atomic E-state index is 0.0825. The molecule has 2 aromatic heterocycles. The van der Waals surface area contributed by atoms with Crippen LogP contribution in [-0.4, -0.2) is 69.9 Å². The number of aromatic amines is 1. The molecule has 0 saturated heterocycles. The van der Waals surface area contributed by atoms with E-state index in [-0.39, 0.29) is 24.8 Å². The number of rotatable bonds is 4. The summed E-state index contributed by atoms with van der Waals surface area (Å²) in [5.74, 6) is -0.356. The van der Waals surface area contributed by atoms with Gasteiger partial charge >= 0.3 is 0 Å². The summed E-state index contributed by atoms with van der Waals surface area (Å²) in [7, 11) is -1.57. The van der Waals surface area contributed by atoms with E-state index in [0.717, 1.165) is 23.2 Å². The first-order chi connectivity index (χ1) is 12.2. The van der Waals surface area contributed by atoms with Gasteiger partial charge in [0.2, 0.25) is 15.9 Å². The first-order valence-electron chi connectivity index (χ1n) is 7.56. The highest BCUT2D eigenvalue weighted by atomic mass is 32.2. The van der Waals surface area contributed by atoms with E-state index in [1.807, 2.05) is 13.2 Å². The number of fused-ring (bicyclic) bond motifs is 1. The van der Waals surface area contributed by atoms with Gasteiger partial charge in [0.1, 0.15) is 0 Å². The van der Waals surface area contributed by atoms with E-state index in [1.165, 1.54) is 0 Å². The van der Waals surface area contributed by atoms with Crippen molar-refractivity contribution in [1.82, 2.24) is 29.4 Å². The summed E-state index contributed by atoms with van der Waals surface area (Å²) in [5, 5.41) is 11.1. The van der Waals surface area contributed by atoms with Gasteiger partial charge in [-0.25, -0.2) is 18.1 Å². The molecule has 1 amide bonds. The number of amides is 1. The SMILES string of the molecule is Cn1cc(C2CN(C(=O)CNS(C)(=O)=O)Cc3[nH]cnc32)cn1.O=CO. The molecule has 3 N–H and O–H groups in total. The fourth-order valence-electron chi connectivity index (χ4n) is 2.70. The number of nitrogens with one attached hydrogen (secondary N) is 2. The van der Waals surface area contributed by atoms with Gasteiger partial charge in [0.05, 0.1) is 43.3 Å². The molecule has 0 radical (unpaired) electrons. The number of carbonyl (C=O) groups excluding carboxylic acids is 1. The largest absolute Gasteiger partial charge is 0.483 e. The molecule has 0 aliphatic carbocycles. The summed E-state index contributed by atoms with van der Waals surface area (Å²) in [5.41, 5.74) is 2.73. The van der Waals surface area contributed by atoms with E-state index in [2.05, 4.69) is 19.8 Å². The fraction of sp³-hybridized carbons (Fsp3) is 0.429. The van der Waals surface area contributed by atoms with Crippen LogP contribution in [0, 0.1) is 0 Å². The van der Waals surface area contributed by atoms with Crippen molar-refractivity contribution in [2.24, 2.45) is 7.05 Å². The number of hydrogen-bond acceptors (Lipinski definition) is 6. The van der Waals surface area contributed by atoms with Crippen molar-refractivity contribution in [3.8, 4) is 0 Å². The van der Waals surface area contributed by atoms with Crippen molar-refractivity contribution in [2.45, 2.75) is 12.5 Å². The second-order valence-corrected chi connectivity index (χ2v) is 7.57. The Hall–Kier alpha value is -2.73. The van der Waals surface area contributed by atoms with Crippen LogP contribution in [0.1, 0.15) is 22.9 Å². The monoisotopic (exact) mass is 384 g/mol. The van der Waals surface area contributed by atoms with Gasteiger partial charge in [-0.3, -0.25) is 14.3 Å². The van der Waals surface area contributed by atoms with E-state index in [9.17, 15) is 13.2 Å². The number of hydrogen-bond donors (Lipinski definition) is 3. The fourth-order valence-corrected chi connectivity index (χ4v) is 3.08. The maximum absolute atomic E-state index is 12.3. The highest BCUT2D eigenvalue weighted by molar-refractivity contribution is 7.88. The summed E-state index contributed by atoms with van der Waals surface area (Å²) in [6.45, 7) is 0.326. The van der Waals surface area contributed by atoms with Gasteiger partial charge in [0, 0.05) is 31.3 Å². The average Bonchev–Trinajstić information content (AvgIpc) is 3.20. The summed E-state index contributed by atoms with van der Waals surface area (Å²) in [6.07, 6.45) is 6.29. The molecule has 1 unspecified atom stereocenters. The molecule has 12 heteroatoms. The van der Waals surface area contributed by atoms with Crippen LogP contribution in [0.4, 0.5) is 0 Å². The topological polar surface area (TPSA) is 150 Å². The lowest BCUT2D eigenvalue weighted by molar-refractivity contribution is -0.131. The molecule has 0 aromatic carbocycles. The number of nitrogens with zero attached hydrogens (tertiary/aromatic N) is 4. The van der Waals surface area contributed by atoms with E-state index in [1.54, 1.807) is 22.1 Å². The molecule has 11 nitrogen and oxygen atoms in total. The minimum Gasteiger partial charge on any atom is -0.483 e. The molecule has 1 aliphatic heterocycles. The molecule has 0 bridgehead atoms. The molecule has 0 fully saturated rings. The Balaban J connectivity index is 0.000000758. The van der Waals surface area contributed by atoms with Crippen LogP contribution in [0.15, 0.2) is 18.7 Å². The van der Waals surface area contributed by atoms with Crippen molar-refractivity contribution in [2.75, 3.05) is 19.3 Å². The third-order valence-corrected chi connectivity index (χ3v) is 4.47. The predicted octanol–water partition coefficient (Wildman–Crippen LogP) is -1.13. The number of aryl methyl sites for hydroxylation is 1. The van der Waals surface area contributed by atoms with Crippen molar-refractivity contribution in [1.29, 1.82) is 0 Å². The molecule has 0 spiro atoms. The molecular formula is C14H20N6O5S. The second-order valence-electron chi connectivity index (χ2n) is 5.74. The number of sulfonamides is 1. The molecule has 1 atom stereocenters. The maximum atomic E-state index is 12.3. The lowest BCUT2D eigenvalue weighted by Gasteiger charge is -2.31. The van der Waals surface area contributed by atoms with Crippen LogP contribution < -0.4 is 4.72 Å². The van der Waals surface area contributed by atoms with Crippen molar-refractivity contribution < 1.29 is 23.1 Å². The van der Waals surface area contributed by atoms with E-state index in [0.29, 0.717) is 13.1 Å². The number of aromatic nitrogens is 4. The zero-order valence-corrected chi connectivity index (χ0v) is 15.1. The summed E-state index contributed by atoms with van der Waals surface area (Å²) in [6, 6.07) is 0. The van der Waals surface area contributed by atoms with Gasteiger partial charge in [0.15, 0.2) is 0 Å². The Morgan fingerprint density at radius 3 is 2.81 bits per heavy atom. The van der Waals surface area contributed by atoms with Gasteiger partial charge in [0.25, 0.3) is 6.47 Å². The molecular weight excluding hydrogens is 364 g/mol. The Morgan fingerprint density at radius 1 is 1.54 bits per heavy atom. The molecule has 3 heterocycles. The van der Waals surface area contributed by atoms with Gasteiger partial charge in [-0.05, 0) is 0 Å². The lowest BCUT2D eigenvalue weighted by Crippen LogP contribution is -2.43. The normalized spacial score (nSPS) is 16.4. The first kappa shape index (κ1) is 19.6. The van der Waals surface area contributed by atoms with Crippen molar-refractivity contribution in [3.05, 3.63) is 35.7 Å². The third-order valence-electron chi connectivity index (χ3n) is 3.80. The molecule has 2 aromatic rings. The molecule has 3 rings (SSSR count). The second kappa shape index (κ2) is 8.10. The van der Waals surface area contributed by atoms with E-state index >= 15 is 0 Å². The van der Waals surface area contributed by atoms with Crippen LogP contribution in [0.25, 0.3) is 0 Å². The van der Waals surface area contributed by atoms with Crippen molar-refractivity contribution >= 4 is 22.4 Å². The zero-order valence-electron chi connectivity index (χ0n) is 14.3. The highest BCUT2D eigenvalue weighted by Gasteiger charge is 2.32. The van der Waals surface area contributed by atoms with E-state index in [4.69, 9.17) is 9.90 Å². The standard InChI is InChI=1S/C13H18N6O3S.CH2O2/c1-18-5-9(3-16-18)10-6-19(7-11-13(10)15-8-14-11)12(20)4-17-23(2,21)22;2-1-3/h3,5,8,10,17H,4,6-7H2,1-2H3,(H,14,15);1H,(H,2,3). The van der Waals surface area contributed by atoms with Gasteiger partial charge in [-0.2, -0.15) is 5.10 Å². The van der Waals surface area contributed by atoms with E-state index < -0.39 is 10.0 Å². The van der Waals surface area contributed by atoms with Gasteiger partial charge in [-0.15, -0.1) is 0 Å². The van der Waals surface area contributed by atoms with Crippen LogP contribution in [0.3, 0.4) is 0 Å². The van der Waals surface area contributed by atoms with Gasteiger partial charge in [-0.1, -0.05) is 0 Å². The maximum Gasteiger partial charge on any atom is 0.290 e. The number of carboxylic acid groups (broad SMARTS) is 1. The Labute approximate surface area is 150 Å². The van der Waals surface area contributed by atoms with Crippen LogP contribution in [-0.2, 0) is 33.2 Å². The smallest absolute Gasteiger partial charge is 0.290 e. The highest BCUT2D eigenvalue weighted by Crippen LogP contribution is 2.31. The summed E-state index contributed by atoms with van der Waals surface area (Å²) >= 11 is 0.